The third kappa shape index (κ3) is 6.21. The molecule has 0 saturated carbocycles. The highest BCUT2D eigenvalue weighted by Crippen LogP contribution is 2.14. The van der Waals surface area contributed by atoms with Crippen LogP contribution in [0.2, 0.25) is 0 Å². The summed E-state index contributed by atoms with van der Waals surface area (Å²) in [6.07, 6.45) is -0.137. The fourth-order valence-corrected chi connectivity index (χ4v) is 2.22. The number of benzene rings is 1. The van der Waals surface area contributed by atoms with Gasteiger partial charge in [-0.1, -0.05) is 19.1 Å². The molecule has 25 heavy (non-hydrogen) atoms. The van der Waals surface area contributed by atoms with Crippen LogP contribution >= 0.6 is 0 Å². The normalized spacial score (nSPS) is 12.6. The zero-order valence-corrected chi connectivity index (χ0v) is 14.2. The Balaban J connectivity index is 2.78. The van der Waals surface area contributed by atoms with Gasteiger partial charge in [-0.15, -0.1) is 0 Å². The molecule has 0 saturated heterocycles. The highest BCUT2D eigenvalue weighted by molar-refractivity contribution is 5.86. The van der Waals surface area contributed by atoms with Gasteiger partial charge in [-0.2, -0.15) is 0 Å². The molecule has 136 valence electrons. The Kier molecular flexibility index (Phi) is 7.51. The van der Waals surface area contributed by atoms with Gasteiger partial charge in [0.05, 0.1) is 31.5 Å². The molecular weight excluding hydrogens is 332 g/mol. The average molecular weight is 352 g/mol. The monoisotopic (exact) mass is 352 g/mol. The van der Waals surface area contributed by atoms with Crippen molar-refractivity contribution in [1.29, 1.82) is 0 Å². The standard InChI is InChI=1S/C16H20N2O7/c1-10(15(20)24-2)7-13(16(21)25-3)17-14(19)9-11-5-4-6-12(8-11)18(22)23/h4-6,8,10,13H,7,9H2,1-3H3,(H,17,19)/t10-,13+/m1/s1. The molecule has 0 fully saturated rings. The minimum Gasteiger partial charge on any atom is -0.469 e. The van der Waals surface area contributed by atoms with E-state index in [1.165, 1.54) is 32.4 Å². The van der Waals surface area contributed by atoms with Gasteiger partial charge in [0.1, 0.15) is 6.04 Å². The van der Waals surface area contributed by atoms with Crippen molar-refractivity contribution in [2.45, 2.75) is 25.8 Å². The molecule has 0 bridgehead atoms. The van der Waals surface area contributed by atoms with Crippen LogP contribution in [0, 0.1) is 16.0 Å². The maximum Gasteiger partial charge on any atom is 0.328 e. The summed E-state index contributed by atoms with van der Waals surface area (Å²) in [7, 11) is 2.40. The van der Waals surface area contributed by atoms with Crippen LogP contribution in [0.4, 0.5) is 5.69 Å². The Morgan fingerprint density at radius 2 is 1.84 bits per heavy atom. The number of nitrogens with zero attached hydrogens (tertiary/aromatic N) is 1. The number of nitrogens with one attached hydrogen (secondary N) is 1. The van der Waals surface area contributed by atoms with E-state index in [9.17, 15) is 24.5 Å². The second kappa shape index (κ2) is 9.36. The van der Waals surface area contributed by atoms with Crippen molar-refractivity contribution in [1.82, 2.24) is 5.32 Å². The van der Waals surface area contributed by atoms with Gasteiger partial charge in [-0.05, 0) is 12.0 Å². The average Bonchev–Trinajstić information content (AvgIpc) is 2.59. The lowest BCUT2D eigenvalue weighted by Crippen LogP contribution is -2.44. The number of nitro benzene ring substituents is 1. The zero-order valence-electron chi connectivity index (χ0n) is 14.2. The van der Waals surface area contributed by atoms with Gasteiger partial charge in [0.15, 0.2) is 0 Å². The highest BCUT2D eigenvalue weighted by atomic mass is 16.6. The summed E-state index contributed by atoms with van der Waals surface area (Å²) in [5.41, 5.74) is 0.297. The Bertz CT molecular complexity index is 660. The molecule has 0 aliphatic carbocycles. The molecule has 2 atom stereocenters. The number of methoxy groups -OCH3 is 2. The number of nitro groups is 1. The smallest absolute Gasteiger partial charge is 0.328 e. The highest BCUT2D eigenvalue weighted by Gasteiger charge is 2.27. The minimum atomic E-state index is -1.02. The Morgan fingerprint density at radius 3 is 2.40 bits per heavy atom. The van der Waals surface area contributed by atoms with E-state index in [1.807, 2.05) is 0 Å². The van der Waals surface area contributed by atoms with E-state index >= 15 is 0 Å². The van der Waals surface area contributed by atoms with E-state index in [0.29, 0.717) is 5.56 Å². The van der Waals surface area contributed by atoms with E-state index in [0.717, 1.165) is 0 Å². The summed E-state index contributed by atoms with van der Waals surface area (Å²) in [5.74, 6) is -2.34. The van der Waals surface area contributed by atoms with Gasteiger partial charge in [-0.3, -0.25) is 19.7 Å². The minimum absolute atomic E-state index is 0.0139. The Morgan fingerprint density at radius 1 is 1.20 bits per heavy atom. The van der Waals surface area contributed by atoms with Gasteiger partial charge in [-0.25, -0.2) is 4.79 Å². The van der Waals surface area contributed by atoms with E-state index in [-0.39, 0.29) is 18.5 Å². The quantitative estimate of drug-likeness (QED) is 0.420. The molecule has 1 amide bonds. The van der Waals surface area contributed by atoms with Crippen LogP contribution in [-0.2, 0) is 30.3 Å². The number of carbonyl (C=O) groups excluding carboxylic acids is 3. The van der Waals surface area contributed by atoms with Crippen LogP contribution in [0.15, 0.2) is 24.3 Å². The lowest BCUT2D eigenvalue weighted by Gasteiger charge is -2.19. The third-order valence-corrected chi connectivity index (χ3v) is 3.50. The van der Waals surface area contributed by atoms with Gasteiger partial charge < -0.3 is 14.8 Å². The van der Waals surface area contributed by atoms with Crippen molar-refractivity contribution < 1.29 is 28.8 Å². The molecule has 1 N–H and O–H groups in total. The summed E-state index contributed by atoms with van der Waals surface area (Å²) >= 11 is 0. The summed E-state index contributed by atoms with van der Waals surface area (Å²) in [5, 5.41) is 13.2. The maximum absolute atomic E-state index is 12.1. The largest absolute Gasteiger partial charge is 0.469 e. The number of rotatable bonds is 8. The zero-order chi connectivity index (χ0) is 19.0. The van der Waals surface area contributed by atoms with Crippen molar-refractivity contribution in [2.75, 3.05) is 14.2 Å². The van der Waals surface area contributed by atoms with E-state index in [4.69, 9.17) is 0 Å². The second-order valence-corrected chi connectivity index (χ2v) is 5.41. The lowest BCUT2D eigenvalue weighted by atomic mass is 10.0. The third-order valence-electron chi connectivity index (χ3n) is 3.50. The number of esters is 2. The van der Waals surface area contributed by atoms with Crippen LogP contribution in [0.5, 0.6) is 0 Å². The number of hydrogen-bond acceptors (Lipinski definition) is 7. The summed E-state index contributed by atoms with van der Waals surface area (Å²) in [6, 6.07) is 4.61. The topological polar surface area (TPSA) is 125 Å². The van der Waals surface area contributed by atoms with Crippen molar-refractivity contribution in [3.8, 4) is 0 Å². The van der Waals surface area contributed by atoms with Gasteiger partial charge in [0.25, 0.3) is 5.69 Å². The predicted molar refractivity (Wildman–Crippen MR) is 86.5 cm³/mol. The molecular formula is C16H20N2O7. The number of carbonyl (C=O) groups is 3. The molecule has 0 unspecified atom stereocenters. The molecule has 1 aromatic carbocycles. The molecule has 9 nitrogen and oxygen atoms in total. The van der Waals surface area contributed by atoms with E-state index in [1.54, 1.807) is 13.0 Å². The van der Waals surface area contributed by atoms with Crippen molar-refractivity contribution in [2.24, 2.45) is 5.92 Å². The molecule has 0 radical (unpaired) electrons. The van der Waals surface area contributed by atoms with Crippen LogP contribution in [0.1, 0.15) is 18.9 Å². The van der Waals surface area contributed by atoms with E-state index in [2.05, 4.69) is 14.8 Å². The van der Waals surface area contributed by atoms with Crippen molar-refractivity contribution in [3.63, 3.8) is 0 Å². The predicted octanol–water partition coefficient (Wildman–Crippen LogP) is 0.994. The molecule has 1 rings (SSSR count). The first kappa shape index (κ1) is 20.1. The molecule has 0 aliphatic heterocycles. The fourth-order valence-electron chi connectivity index (χ4n) is 2.22. The van der Waals surface area contributed by atoms with Gasteiger partial charge >= 0.3 is 11.9 Å². The van der Waals surface area contributed by atoms with Gasteiger partial charge in [0.2, 0.25) is 5.91 Å². The van der Waals surface area contributed by atoms with Gasteiger partial charge in [0, 0.05) is 12.1 Å². The summed E-state index contributed by atoms with van der Waals surface area (Å²) in [4.78, 5) is 45.6. The maximum atomic E-state index is 12.1. The first-order chi connectivity index (χ1) is 11.8. The number of ether oxygens (including phenoxy) is 2. The fraction of sp³-hybridized carbons (Fsp3) is 0.438. The summed E-state index contributed by atoms with van der Waals surface area (Å²) < 4.78 is 9.23. The van der Waals surface area contributed by atoms with Crippen LogP contribution in [0.25, 0.3) is 0 Å². The molecule has 0 aromatic heterocycles. The number of amides is 1. The first-order valence-electron chi connectivity index (χ1n) is 7.46. The Labute approximate surface area is 144 Å². The van der Waals surface area contributed by atoms with E-state index < -0.39 is 34.7 Å². The molecule has 0 spiro atoms. The van der Waals surface area contributed by atoms with Crippen molar-refractivity contribution in [3.05, 3.63) is 39.9 Å². The van der Waals surface area contributed by atoms with Crippen LogP contribution < -0.4 is 5.32 Å². The summed E-state index contributed by atoms with van der Waals surface area (Å²) in [6.45, 7) is 1.56. The first-order valence-corrected chi connectivity index (χ1v) is 7.46. The Hall–Kier alpha value is -2.97. The lowest BCUT2D eigenvalue weighted by molar-refractivity contribution is -0.384. The molecule has 9 heteroatoms. The molecule has 0 aliphatic rings. The SMILES string of the molecule is COC(=O)[C@H](C)C[C@H](NC(=O)Cc1cccc([N+](=O)[O-])c1)C(=O)OC. The van der Waals surface area contributed by atoms with Crippen LogP contribution in [0.3, 0.4) is 0 Å². The number of non-ortho nitro benzene ring substituents is 1. The van der Waals surface area contributed by atoms with Crippen molar-refractivity contribution >= 4 is 23.5 Å². The second-order valence-electron chi connectivity index (χ2n) is 5.41. The number of hydrogen-bond donors (Lipinski definition) is 1. The molecule has 1 aromatic rings. The molecule has 0 heterocycles. The van der Waals surface area contributed by atoms with Crippen LogP contribution in [-0.4, -0.2) is 43.0 Å².